The average molecular weight is 217 g/mol. The van der Waals surface area contributed by atoms with Crippen LogP contribution in [-0.2, 0) is 6.42 Å². The van der Waals surface area contributed by atoms with Gasteiger partial charge in [0.05, 0.1) is 23.9 Å². The van der Waals surface area contributed by atoms with Crippen LogP contribution in [-0.4, -0.2) is 10.2 Å². The number of rotatable bonds is 3. The standard InChI is InChI=1S/C12H15N3O/c1-8-5-11(9(2)15-14-8)12(13)6-10-3-4-16-7-10/h3-5,7,12H,6,13H2,1-2H3. The van der Waals surface area contributed by atoms with Crippen LogP contribution in [0, 0.1) is 13.8 Å². The molecule has 4 nitrogen and oxygen atoms in total. The topological polar surface area (TPSA) is 64.9 Å². The Kier molecular flexibility index (Phi) is 3.01. The molecule has 0 amide bonds. The molecule has 0 radical (unpaired) electrons. The van der Waals surface area contributed by atoms with E-state index in [9.17, 15) is 0 Å². The maximum absolute atomic E-state index is 6.15. The van der Waals surface area contributed by atoms with Crippen molar-refractivity contribution in [1.82, 2.24) is 10.2 Å². The fraction of sp³-hybridized carbons (Fsp3) is 0.333. The molecule has 1 unspecified atom stereocenters. The number of aromatic nitrogens is 2. The van der Waals surface area contributed by atoms with Gasteiger partial charge in [-0.3, -0.25) is 0 Å². The summed E-state index contributed by atoms with van der Waals surface area (Å²) in [4.78, 5) is 0. The van der Waals surface area contributed by atoms with Crippen molar-refractivity contribution in [3.8, 4) is 0 Å². The Labute approximate surface area is 94.5 Å². The first kappa shape index (κ1) is 10.8. The van der Waals surface area contributed by atoms with E-state index >= 15 is 0 Å². The highest BCUT2D eigenvalue weighted by Crippen LogP contribution is 2.18. The van der Waals surface area contributed by atoms with E-state index in [1.807, 2.05) is 26.0 Å². The molecule has 0 fully saturated rings. The van der Waals surface area contributed by atoms with Crippen molar-refractivity contribution < 1.29 is 4.42 Å². The molecule has 0 saturated heterocycles. The molecule has 0 aliphatic heterocycles. The van der Waals surface area contributed by atoms with Gasteiger partial charge in [0.1, 0.15) is 0 Å². The SMILES string of the molecule is Cc1cc(C(N)Cc2ccoc2)c(C)nn1. The Bertz CT molecular complexity index is 465. The van der Waals surface area contributed by atoms with Gasteiger partial charge in [-0.2, -0.15) is 10.2 Å². The molecule has 4 heteroatoms. The first-order valence-corrected chi connectivity index (χ1v) is 5.24. The van der Waals surface area contributed by atoms with Gasteiger partial charge in [0.2, 0.25) is 0 Å². The Morgan fingerprint density at radius 3 is 2.88 bits per heavy atom. The van der Waals surface area contributed by atoms with E-state index in [4.69, 9.17) is 10.2 Å². The number of nitrogens with two attached hydrogens (primary N) is 1. The first-order valence-electron chi connectivity index (χ1n) is 5.24. The molecule has 2 N–H and O–H groups in total. The van der Waals surface area contributed by atoms with Crippen LogP contribution in [0.4, 0.5) is 0 Å². The summed E-state index contributed by atoms with van der Waals surface area (Å²) in [5.41, 5.74) is 10.1. The molecule has 0 bridgehead atoms. The van der Waals surface area contributed by atoms with E-state index in [2.05, 4.69) is 10.2 Å². The van der Waals surface area contributed by atoms with Crippen molar-refractivity contribution in [2.45, 2.75) is 26.3 Å². The second-order valence-electron chi connectivity index (χ2n) is 3.97. The van der Waals surface area contributed by atoms with E-state index in [-0.39, 0.29) is 6.04 Å². The van der Waals surface area contributed by atoms with E-state index in [1.54, 1.807) is 12.5 Å². The monoisotopic (exact) mass is 217 g/mol. The molecule has 16 heavy (non-hydrogen) atoms. The molecule has 0 saturated carbocycles. The summed E-state index contributed by atoms with van der Waals surface area (Å²) in [5.74, 6) is 0. The van der Waals surface area contributed by atoms with Crippen molar-refractivity contribution in [1.29, 1.82) is 0 Å². The predicted molar refractivity (Wildman–Crippen MR) is 60.8 cm³/mol. The number of nitrogens with zero attached hydrogens (tertiary/aromatic N) is 2. The Morgan fingerprint density at radius 2 is 2.19 bits per heavy atom. The highest BCUT2D eigenvalue weighted by atomic mass is 16.3. The lowest BCUT2D eigenvalue weighted by molar-refractivity contribution is 0.561. The third-order valence-electron chi connectivity index (χ3n) is 2.58. The van der Waals surface area contributed by atoms with E-state index in [1.165, 1.54) is 0 Å². The summed E-state index contributed by atoms with van der Waals surface area (Å²) in [6.07, 6.45) is 4.13. The molecule has 2 heterocycles. The molecule has 0 aliphatic rings. The van der Waals surface area contributed by atoms with Gasteiger partial charge in [0.25, 0.3) is 0 Å². The highest BCUT2D eigenvalue weighted by Gasteiger charge is 2.12. The number of hydrogen-bond donors (Lipinski definition) is 1. The number of furan rings is 1. The lowest BCUT2D eigenvalue weighted by Crippen LogP contribution is -2.15. The molecule has 2 aromatic heterocycles. The minimum atomic E-state index is -0.0631. The van der Waals surface area contributed by atoms with Crippen LogP contribution >= 0.6 is 0 Å². The largest absolute Gasteiger partial charge is 0.472 e. The highest BCUT2D eigenvalue weighted by molar-refractivity contribution is 5.25. The van der Waals surface area contributed by atoms with Crippen molar-refractivity contribution in [3.63, 3.8) is 0 Å². The normalized spacial score (nSPS) is 12.7. The second-order valence-corrected chi connectivity index (χ2v) is 3.97. The van der Waals surface area contributed by atoms with Crippen molar-refractivity contribution in [3.05, 3.63) is 47.2 Å². The Balaban J connectivity index is 2.20. The smallest absolute Gasteiger partial charge is 0.0935 e. The average Bonchev–Trinajstić information content (AvgIpc) is 2.74. The predicted octanol–water partition coefficient (Wildman–Crippen LogP) is 1.93. The minimum absolute atomic E-state index is 0.0631. The van der Waals surface area contributed by atoms with Gasteiger partial charge in [-0.25, -0.2) is 0 Å². The van der Waals surface area contributed by atoms with Gasteiger partial charge >= 0.3 is 0 Å². The summed E-state index contributed by atoms with van der Waals surface area (Å²) in [6, 6.07) is 3.86. The van der Waals surface area contributed by atoms with Gasteiger partial charge in [-0.05, 0) is 43.5 Å². The Hall–Kier alpha value is -1.68. The molecular weight excluding hydrogens is 202 g/mol. The fourth-order valence-electron chi connectivity index (χ4n) is 1.72. The van der Waals surface area contributed by atoms with Gasteiger partial charge < -0.3 is 10.2 Å². The van der Waals surface area contributed by atoms with Crippen LogP contribution in [0.2, 0.25) is 0 Å². The minimum Gasteiger partial charge on any atom is -0.472 e. The van der Waals surface area contributed by atoms with E-state index in [0.717, 1.165) is 28.9 Å². The Morgan fingerprint density at radius 1 is 1.38 bits per heavy atom. The molecule has 0 aromatic carbocycles. The lowest BCUT2D eigenvalue weighted by Gasteiger charge is -2.13. The van der Waals surface area contributed by atoms with Crippen molar-refractivity contribution in [2.75, 3.05) is 0 Å². The van der Waals surface area contributed by atoms with Crippen molar-refractivity contribution >= 4 is 0 Å². The van der Waals surface area contributed by atoms with Crippen LogP contribution in [0.15, 0.2) is 29.1 Å². The van der Waals surface area contributed by atoms with E-state index in [0.29, 0.717) is 0 Å². The molecule has 0 spiro atoms. The molecule has 2 aromatic rings. The lowest BCUT2D eigenvalue weighted by atomic mass is 10.0. The summed E-state index contributed by atoms with van der Waals surface area (Å²) < 4.78 is 5.02. The van der Waals surface area contributed by atoms with Crippen LogP contribution in [0.1, 0.15) is 28.6 Å². The molecule has 1 atom stereocenters. The zero-order chi connectivity index (χ0) is 11.5. The summed E-state index contributed by atoms with van der Waals surface area (Å²) in [7, 11) is 0. The third kappa shape index (κ3) is 2.28. The summed E-state index contributed by atoms with van der Waals surface area (Å²) in [6.45, 7) is 3.84. The van der Waals surface area contributed by atoms with Crippen LogP contribution in [0.25, 0.3) is 0 Å². The second kappa shape index (κ2) is 4.45. The number of aryl methyl sites for hydroxylation is 2. The molecular formula is C12H15N3O. The van der Waals surface area contributed by atoms with Crippen LogP contribution < -0.4 is 5.73 Å². The summed E-state index contributed by atoms with van der Waals surface area (Å²) in [5, 5.41) is 8.07. The fourth-order valence-corrected chi connectivity index (χ4v) is 1.72. The zero-order valence-corrected chi connectivity index (χ0v) is 9.47. The van der Waals surface area contributed by atoms with Gasteiger partial charge in [-0.1, -0.05) is 0 Å². The maximum atomic E-state index is 6.15. The van der Waals surface area contributed by atoms with Crippen LogP contribution in [0.3, 0.4) is 0 Å². The maximum Gasteiger partial charge on any atom is 0.0935 e. The van der Waals surface area contributed by atoms with E-state index < -0.39 is 0 Å². The molecule has 84 valence electrons. The van der Waals surface area contributed by atoms with Gasteiger partial charge in [0, 0.05) is 6.04 Å². The van der Waals surface area contributed by atoms with Crippen molar-refractivity contribution in [2.24, 2.45) is 5.73 Å². The molecule has 0 aliphatic carbocycles. The van der Waals surface area contributed by atoms with Gasteiger partial charge in [0.15, 0.2) is 0 Å². The third-order valence-corrected chi connectivity index (χ3v) is 2.58. The van der Waals surface area contributed by atoms with Gasteiger partial charge in [-0.15, -0.1) is 0 Å². The van der Waals surface area contributed by atoms with Crippen LogP contribution in [0.5, 0.6) is 0 Å². The zero-order valence-electron chi connectivity index (χ0n) is 9.47. The molecule has 2 rings (SSSR count). The first-order chi connectivity index (χ1) is 7.66. The summed E-state index contributed by atoms with van der Waals surface area (Å²) >= 11 is 0. The quantitative estimate of drug-likeness (QED) is 0.853. The number of hydrogen-bond acceptors (Lipinski definition) is 4.